The van der Waals surface area contributed by atoms with Crippen molar-refractivity contribution in [2.75, 3.05) is 38.3 Å². The van der Waals surface area contributed by atoms with Crippen LogP contribution in [-0.2, 0) is 4.79 Å². The minimum atomic E-state index is -0.709. The molecule has 1 spiro atoms. The summed E-state index contributed by atoms with van der Waals surface area (Å²) in [5.74, 6) is 1.41. The summed E-state index contributed by atoms with van der Waals surface area (Å²) in [4.78, 5) is 31.8. The number of para-hydroxylation sites is 2. The number of nitrogens with one attached hydrogen (secondary N) is 1. The second-order valence-corrected chi connectivity index (χ2v) is 10.8. The smallest absolute Gasteiger partial charge is 0.326 e. The lowest BCUT2D eigenvalue weighted by atomic mass is 9.67. The molecule has 2 heterocycles. The van der Waals surface area contributed by atoms with Crippen LogP contribution in [0.5, 0.6) is 5.75 Å². The summed E-state index contributed by atoms with van der Waals surface area (Å²) in [6.07, 6.45) is 3.39. The average Bonchev–Trinajstić information content (AvgIpc) is 2.96. The summed E-state index contributed by atoms with van der Waals surface area (Å²) in [5.41, 5.74) is 0.646. The van der Waals surface area contributed by atoms with Gasteiger partial charge in [0.2, 0.25) is 0 Å². The monoisotopic (exact) mass is 442 g/mol. The van der Waals surface area contributed by atoms with Crippen LogP contribution in [0.25, 0.3) is 0 Å². The molecule has 0 aromatic heterocycles. The molecular weight excluding hydrogens is 404 g/mol. The average molecular weight is 443 g/mol. The third-order valence-electron chi connectivity index (χ3n) is 7.51. The highest BCUT2D eigenvalue weighted by Gasteiger charge is 2.53. The van der Waals surface area contributed by atoms with E-state index in [1.807, 2.05) is 30.1 Å². The van der Waals surface area contributed by atoms with Crippen LogP contribution in [-0.4, -0.2) is 66.7 Å². The van der Waals surface area contributed by atoms with Crippen molar-refractivity contribution in [2.45, 2.75) is 65.0 Å². The van der Waals surface area contributed by atoms with Gasteiger partial charge in [-0.05, 0) is 63.1 Å². The second-order valence-electron chi connectivity index (χ2n) is 10.8. The van der Waals surface area contributed by atoms with Gasteiger partial charge in [0.15, 0.2) is 0 Å². The zero-order valence-corrected chi connectivity index (χ0v) is 20.2. The Kier molecular flexibility index (Phi) is 6.14. The molecule has 1 aromatic rings. The largest absolute Gasteiger partial charge is 0.485 e. The Bertz CT molecular complexity index is 857. The van der Waals surface area contributed by atoms with Gasteiger partial charge >= 0.3 is 6.03 Å². The molecule has 3 aliphatic rings. The van der Waals surface area contributed by atoms with E-state index in [9.17, 15) is 9.59 Å². The Morgan fingerprint density at radius 1 is 1.19 bits per heavy atom. The van der Waals surface area contributed by atoms with Crippen molar-refractivity contribution in [1.29, 1.82) is 0 Å². The topological polar surface area (TPSA) is 65.1 Å². The van der Waals surface area contributed by atoms with E-state index in [2.05, 4.69) is 44.0 Å². The fourth-order valence-electron chi connectivity index (χ4n) is 5.54. The zero-order valence-electron chi connectivity index (χ0n) is 20.2. The molecule has 1 atom stereocenters. The fourth-order valence-corrected chi connectivity index (χ4v) is 5.54. The zero-order chi connectivity index (χ0) is 23.1. The minimum absolute atomic E-state index is 0.0215. The van der Waals surface area contributed by atoms with Gasteiger partial charge in [-0.3, -0.25) is 9.69 Å². The maximum atomic E-state index is 13.3. The van der Waals surface area contributed by atoms with Crippen LogP contribution in [0.3, 0.4) is 0 Å². The van der Waals surface area contributed by atoms with E-state index >= 15 is 0 Å². The molecule has 2 aliphatic heterocycles. The van der Waals surface area contributed by atoms with Crippen molar-refractivity contribution >= 4 is 17.6 Å². The van der Waals surface area contributed by atoms with E-state index in [1.165, 1.54) is 4.90 Å². The number of benzene rings is 1. The lowest BCUT2D eigenvalue weighted by molar-refractivity contribution is -0.134. The first-order valence-corrected chi connectivity index (χ1v) is 12.0. The number of ether oxygens (including phenoxy) is 1. The molecule has 4 rings (SSSR count). The van der Waals surface area contributed by atoms with Gasteiger partial charge in [0.1, 0.15) is 17.4 Å². The van der Waals surface area contributed by atoms with Gasteiger partial charge in [0, 0.05) is 13.1 Å². The Morgan fingerprint density at radius 2 is 1.88 bits per heavy atom. The molecule has 1 N–H and O–H groups in total. The number of amides is 3. The van der Waals surface area contributed by atoms with Crippen molar-refractivity contribution in [2.24, 2.45) is 11.3 Å². The second kappa shape index (κ2) is 8.58. The van der Waals surface area contributed by atoms with E-state index in [0.717, 1.165) is 50.2 Å². The first-order valence-electron chi connectivity index (χ1n) is 12.0. The van der Waals surface area contributed by atoms with Gasteiger partial charge in [0.25, 0.3) is 5.91 Å². The summed E-state index contributed by atoms with van der Waals surface area (Å²) < 4.78 is 6.22. The molecule has 0 unspecified atom stereocenters. The van der Waals surface area contributed by atoms with Crippen LogP contribution in [0.15, 0.2) is 24.3 Å². The molecule has 2 fully saturated rings. The molecule has 176 valence electrons. The van der Waals surface area contributed by atoms with Gasteiger partial charge < -0.3 is 15.0 Å². The van der Waals surface area contributed by atoms with Crippen LogP contribution < -0.4 is 15.0 Å². The maximum absolute atomic E-state index is 13.3. The third kappa shape index (κ3) is 4.32. The van der Waals surface area contributed by atoms with Gasteiger partial charge in [0.05, 0.1) is 18.9 Å². The molecule has 0 bridgehead atoms. The number of nitrogens with zero attached hydrogens (tertiary/aromatic N) is 3. The minimum Gasteiger partial charge on any atom is -0.485 e. The number of carbonyl (C=O) groups is 2. The van der Waals surface area contributed by atoms with Gasteiger partial charge in [-0.1, -0.05) is 32.9 Å². The molecular formula is C25H38N4O3. The van der Waals surface area contributed by atoms with Crippen molar-refractivity contribution < 1.29 is 14.3 Å². The van der Waals surface area contributed by atoms with Gasteiger partial charge in [-0.2, -0.15) is 0 Å². The van der Waals surface area contributed by atoms with Crippen molar-refractivity contribution in [3.05, 3.63) is 24.3 Å². The van der Waals surface area contributed by atoms with Crippen molar-refractivity contribution in [3.63, 3.8) is 0 Å². The summed E-state index contributed by atoms with van der Waals surface area (Å²) in [6, 6.07) is 7.83. The van der Waals surface area contributed by atoms with Gasteiger partial charge in [-0.25, -0.2) is 9.69 Å². The lowest BCUT2D eigenvalue weighted by Crippen LogP contribution is -2.51. The summed E-state index contributed by atoms with van der Waals surface area (Å²) >= 11 is 0. The third-order valence-corrected chi connectivity index (χ3v) is 7.51. The van der Waals surface area contributed by atoms with E-state index in [1.54, 1.807) is 0 Å². The number of anilines is 1. The van der Waals surface area contributed by atoms with Crippen LogP contribution in [0, 0.1) is 11.3 Å². The molecule has 1 saturated heterocycles. The van der Waals surface area contributed by atoms with E-state index in [0.29, 0.717) is 12.5 Å². The Balaban J connectivity index is 1.36. The lowest BCUT2D eigenvalue weighted by Gasteiger charge is -2.40. The van der Waals surface area contributed by atoms with Crippen LogP contribution in [0.1, 0.15) is 53.4 Å². The molecule has 1 saturated carbocycles. The van der Waals surface area contributed by atoms with Crippen LogP contribution in [0.2, 0.25) is 0 Å². The summed E-state index contributed by atoms with van der Waals surface area (Å²) in [5, 5.41) is 3.05. The number of likely N-dealkylation sites (N-methyl/N-ethyl adjacent to an activating group) is 2. The molecule has 7 heteroatoms. The highest BCUT2D eigenvalue weighted by Crippen LogP contribution is 2.43. The number of imide groups is 1. The predicted octanol–water partition coefficient (Wildman–Crippen LogP) is 3.69. The quantitative estimate of drug-likeness (QED) is 0.705. The molecule has 1 aliphatic carbocycles. The van der Waals surface area contributed by atoms with Crippen LogP contribution in [0.4, 0.5) is 10.5 Å². The molecule has 3 amide bonds. The van der Waals surface area contributed by atoms with Gasteiger partial charge in [-0.15, -0.1) is 0 Å². The van der Waals surface area contributed by atoms with E-state index in [-0.39, 0.29) is 30.1 Å². The van der Waals surface area contributed by atoms with E-state index in [4.69, 9.17) is 4.74 Å². The summed E-state index contributed by atoms with van der Waals surface area (Å²) in [7, 11) is 1.95. The highest BCUT2D eigenvalue weighted by atomic mass is 16.5. The van der Waals surface area contributed by atoms with Crippen molar-refractivity contribution in [3.8, 4) is 5.75 Å². The number of hydrogen-bond acceptors (Lipinski definition) is 5. The summed E-state index contributed by atoms with van der Waals surface area (Å²) in [6.45, 7) is 11.5. The molecule has 32 heavy (non-hydrogen) atoms. The Labute approximate surface area is 192 Å². The first-order chi connectivity index (χ1) is 15.1. The number of fused-ring (bicyclic) bond motifs is 1. The number of carbonyl (C=O) groups excluding carboxylic acids is 2. The molecule has 7 nitrogen and oxygen atoms in total. The molecule has 1 aromatic carbocycles. The highest BCUT2D eigenvalue weighted by molar-refractivity contribution is 6.07. The Morgan fingerprint density at radius 3 is 2.53 bits per heavy atom. The number of rotatable bonds is 5. The Hall–Kier alpha value is -2.28. The molecule has 0 radical (unpaired) electrons. The standard InChI is InChI=1S/C25H38N4O3/c1-6-28-16-19(32-21-10-8-7-9-20(21)28)15-27(5)17-29-22(30)25(26-23(29)31)13-11-18(12-14-25)24(2,3)4/h7-10,18-19H,6,11-17H2,1-5H3,(H,26,31)/t18?,19-,25?/m0/s1. The SMILES string of the molecule is CCN1C[C@H](CN(C)CN2C(=O)NC3(CCC(C(C)(C)C)CC3)C2=O)Oc2ccccc21. The van der Waals surface area contributed by atoms with Crippen molar-refractivity contribution in [1.82, 2.24) is 15.1 Å². The van der Waals surface area contributed by atoms with Crippen LogP contribution >= 0.6 is 0 Å². The predicted molar refractivity (Wildman–Crippen MR) is 126 cm³/mol. The number of hydrogen-bond donors (Lipinski definition) is 1. The number of urea groups is 1. The normalized spacial score (nSPS) is 28.2. The fraction of sp³-hybridized carbons (Fsp3) is 0.680. The first kappa shape index (κ1) is 22.9. The van der Waals surface area contributed by atoms with E-state index < -0.39 is 5.54 Å². The maximum Gasteiger partial charge on any atom is 0.326 e.